The molecule has 0 spiro atoms. The number of aromatic amines is 1. The van der Waals surface area contributed by atoms with E-state index in [0.29, 0.717) is 40.8 Å². The lowest BCUT2D eigenvalue weighted by atomic mass is 10.0. The van der Waals surface area contributed by atoms with Crippen molar-refractivity contribution in [1.29, 1.82) is 0 Å². The van der Waals surface area contributed by atoms with E-state index in [1.54, 1.807) is 14.0 Å². The lowest BCUT2D eigenvalue weighted by Gasteiger charge is -2.21. The van der Waals surface area contributed by atoms with Gasteiger partial charge in [-0.2, -0.15) is 5.10 Å². The summed E-state index contributed by atoms with van der Waals surface area (Å²) in [7, 11) is 1.58. The van der Waals surface area contributed by atoms with Gasteiger partial charge in [-0.15, -0.1) is 0 Å². The number of H-pyrrole nitrogens is 1. The number of carbonyl (C=O) groups excluding carboxylic acids is 3. The second-order valence-electron chi connectivity index (χ2n) is 9.98. The molecule has 0 radical (unpaired) electrons. The zero-order chi connectivity index (χ0) is 31.5. The lowest BCUT2D eigenvalue weighted by molar-refractivity contribution is -0.124. The summed E-state index contributed by atoms with van der Waals surface area (Å²) in [6.07, 6.45) is 6.93. The first-order valence-electron chi connectivity index (χ1n) is 13.7. The standard InChI is InChI=1S/C31H27F3N6O4/c1-4-6-17(2)31(43)39(16-41)25-12-23(35-3)18(11-22(25)34)9-10-27(42)19-14-37-40-26-15-36-28(13-24(26)38-30(19)40)44-29-20(32)7-5-8-21(29)33/h5,7-17,35,38H,4,6H2,1-3H3/b10-9+. The Kier molecular flexibility index (Phi) is 8.47. The monoisotopic (exact) mass is 604 g/mol. The highest BCUT2D eigenvalue weighted by Gasteiger charge is 2.25. The van der Waals surface area contributed by atoms with Gasteiger partial charge in [0.15, 0.2) is 17.4 Å². The first kappa shape index (κ1) is 30.0. The van der Waals surface area contributed by atoms with Crippen LogP contribution >= 0.6 is 0 Å². The number of nitrogens with one attached hydrogen (secondary N) is 2. The molecule has 10 nitrogen and oxygen atoms in total. The second kappa shape index (κ2) is 12.4. The fourth-order valence-electron chi connectivity index (χ4n) is 4.79. The van der Waals surface area contributed by atoms with E-state index >= 15 is 4.39 Å². The fourth-order valence-corrected chi connectivity index (χ4v) is 4.79. The van der Waals surface area contributed by atoms with Crippen molar-refractivity contribution in [1.82, 2.24) is 19.6 Å². The van der Waals surface area contributed by atoms with Gasteiger partial charge in [0, 0.05) is 30.3 Å². The molecule has 0 bridgehead atoms. The van der Waals surface area contributed by atoms with Gasteiger partial charge in [-0.25, -0.2) is 27.6 Å². The summed E-state index contributed by atoms with van der Waals surface area (Å²) >= 11 is 0. The molecule has 0 saturated carbocycles. The van der Waals surface area contributed by atoms with Gasteiger partial charge in [-0.1, -0.05) is 26.3 Å². The van der Waals surface area contributed by atoms with Crippen molar-refractivity contribution in [3.8, 4) is 11.6 Å². The van der Waals surface area contributed by atoms with Crippen LogP contribution in [0.25, 0.3) is 22.8 Å². The molecule has 0 aliphatic carbocycles. The third-order valence-electron chi connectivity index (χ3n) is 7.05. The van der Waals surface area contributed by atoms with Crippen molar-refractivity contribution in [3.05, 3.63) is 83.4 Å². The molecule has 1 unspecified atom stereocenters. The zero-order valence-corrected chi connectivity index (χ0v) is 23.9. The number of hydrogen-bond acceptors (Lipinski definition) is 7. The Bertz CT molecular complexity index is 1910. The highest BCUT2D eigenvalue weighted by molar-refractivity contribution is 6.12. The van der Waals surface area contributed by atoms with Gasteiger partial charge >= 0.3 is 0 Å². The van der Waals surface area contributed by atoms with Crippen molar-refractivity contribution in [2.45, 2.75) is 26.7 Å². The fraction of sp³-hybridized carbons (Fsp3) is 0.194. The van der Waals surface area contributed by atoms with Gasteiger partial charge in [0.05, 0.1) is 29.2 Å². The first-order valence-corrected chi connectivity index (χ1v) is 13.7. The maximum Gasteiger partial charge on any atom is 0.236 e. The third-order valence-corrected chi connectivity index (χ3v) is 7.05. The van der Waals surface area contributed by atoms with Crippen LogP contribution in [-0.2, 0) is 9.59 Å². The number of benzene rings is 2. The van der Waals surface area contributed by atoms with E-state index in [1.165, 1.54) is 47.3 Å². The maximum absolute atomic E-state index is 15.2. The van der Waals surface area contributed by atoms with E-state index in [1.807, 2.05) is 6.92 Å². The number of hydrogen-bond donors (Lipinski definition) is 2. The van der Waals surface area contributed by atoms with Crippen LogP contribution in [0.5, 0.6) is 11.6 Å². The summed E-state index contributed by atoms with van der Waals surface area (Å²) in [5.74, 6) is -4.73. The van der Waals surface area contributed by atoms with E-state index in [2.05, 4.69) is 20.4 Å². The Balaban J connectivity index is 1.41. The van der Waals surface area contributed by atoms with Crippen molar-refractivity contribution < 1.29 is 32.3 Å². The summed E-state index contributed by atoms with van der Waals surface area (Å²) in [4.78, 5) is 45.6. The summed E-state index contributed by atoms with van der Waals surface area (Å²) in [6, 6.07) is 7.21. The predicted octanol–water partition coefficient (Wildman–Crippen LogP) is 6.28. The number of rotatable bonds is 11. The van der Waals surface area contributed by atoms with E-state index in [-0.39, 0.29) is 17.1 Å². The molecule has 5 rings (SSSR count). The topological polar surface area (TPSA) is 122 Å². The van der Waals surface area contributed by atoms with Crippen LogP contribution in [0.3, 0.4) is 0 Å². The van der Waals surface area contributed by atoms with Crippen molar-refractivity contribution in [2.24, 2.45) is 5.92 Å². The van der Waals surface area contributed by atoms with Crippen molar-refractivity contribution in [2.75, 3.05) is 17.3 Å². The molecule has 5 aromatic rings. The smallest absolute Gasteiger partial charge is 0.236 e. The summed E-state index contributed by atoms with van der Waals surface area (Å²) in [5.41, 5.74) is 1.89. The van der Waals surface area contributed by atoms with Crippen LogP contribution < -0.4 is 15.0 Å². The summed E-state index contributed by atoms with van der Waals surface area (Å²) < 4.78 is 50.0. The maximum atomic E-state index is 15.2. The molecule has 44 heavy (non-hydrogen) atoms. The third kappa shape index (κ3) is 5.63. The van der Waals surface area contributed by atoms with E-state index < -0.39 is 40.8 Å². The molecule has 3 heterocycles. The molecule has 0 aliphatic heterocycles. The van der Waals surface area contributed by atoms with Crippen LogP contribution in [0, 0.1) is 23.4 Å². The molecular weight excluding hydrogens is 577 g/mol. The average molecular weight is 605 g/mol. The lowest BCUT2D eigenvalue weighted by Crippen LogP contribution is -2.34. The molecule has 0 saturated heterocycles. The number of para-hydroxylation sites is 1. The van der Waals surface area contributed by atoms with Gasteiger partial charge in [-0.3, -0.25) is 14.4 Å². The van der Waals surface area contributed by atoms with E-state index in [0.717, 1.165) is 29.5 Å². The Morgan fingerprint density at radius 2 is 1.89 bits per heavy atom. The normalized spacial score (nSPS) is 12.1. The van der Waals surface area contributed by atoms with Crippen LogP contribution in [-0.4, -0.2) is 44.7 Å². The molecule has 2 amide bonds. The molecular formula is C31H27F3N6O4. The number of carbonyl (C=O) groups is 3. The minimum absolute atomic E-state index is 0.0847. The molecule has 3 aromatic heterocycles. The highest BCUT2D eigenvalue weighted by atomic mass is 19.1. The van der Waals surface area contributed by atoms with Gasteiger partial charge in [0.1, 0.15) is 17.0 Å². The van der Waals surface area contributed by atoms with Gasteiger partial charge in [0.2, 0.25) is 23.9 Å². The molecule has 1 atom stereocenters. The largest absolute Gasteiger partial charge is 0.433 e. The molecule has 0 fully saturated rings. The molecule has 226 valence electrons. The predicted molar refractivity (Wildman–Crippen MR) is 158 cm³/mol. The minimum atomic E-state index is -0.889. The van der Waals surface area contributed by atoms with Crippen LogP contribution in [0.2, 0.25) is 0 Å². The quantitative estimate of drug-likeness (QED) is 0.103. The molecule has 2 aromatic carbocycles. The number of anilines is 2. The Morgan fingerprint density at radius 3 is 2.57 bits per heavy atom. The van der Waals surface area contributed by atoms with Gasteiger partial charge in [0.25, 0.3) is 0 Å². The number of halogens is 3. The second-order valence-corrected chi connectivity index (χ2v) is 9.98. The van der Waals surface area contributed by atoms with Crippen molar-refractivity contribution >= 4 is 52.2 Å². The number of imide groups is 1. The number of ketones is 1. The van der Waals surface area contributed by atoms with E-state index in [9.17, 15) is 23.2 Å². The number of fused-ring (bicyclic) bond motifs is 3. The van der Waals surface area contributed by atoms with Crippen molar-refractivity contribution in [3.63, 3.8) is 0 Å². The summed E-state index contributed by atoms with van der Waals surface area (Å²) in [5, 5.41) is 7.14. The Labute approximate surface area is 249 Å². The number of aromatic nitrogens is 4. The molecule has 0 aliphatic rings. The van der Waals surface area contributed by atoms with Crippen LogP contribution in [0.4, 0.5) is 24.5 Å². The zero-order valence-electron chi connectivity index (χ0n) is 23.9. The number of pyridine rings is 1. The van der Waals surface area contributed by atoms with Crippen LogP contribution in [0.1, 0.15) is 42.6 Å². The Hall–Kier alpha value is -5.46. The number of amides is 2. The molecule has 2 N–H and O–H groups in total. The minimum Gasteiger partial charge on any atom is -0.433 e. The Morgan fingerprint density at radius 1 is 1.14 bits per heavy atom. The number of ether oxygens (including phenoxy) is 1. The van der Waals surface area contributed by atoms with Crippen LogP contribution in [0.15, 0.2) is 54.9 Å². The van der Waals surface area contributed by atoms with Gasteiger partial charge in [-0.05, 0) is 42.8 Å². The summed E-state index contributed by atoms with van der Waals surface area (Å²) in [6.45, 7) is 3.59. The first-order chi connectivity index (χ1) is 21.2. The SMILES string of the molecule is CCCC(C)C(=O)N(C=O)c1cc(NC)c(/C=C/C(=O)c2cnn3c2[nH]c2cc(Oc4c(F)cccc4F)ncc23)cc1F. The number of nitrogens with zero attached hydrogens (tertiary/aromatic N) is 4. The molecule has 13 heteroatoms. The number of imidazole rings is 1. The highest BCUT2D eigenvalue weighted by Crippen LogP contribution is 2.31. The average Bonchev–Trinajstić information content (AvgIpc) is 3.58. The van der Waals surface area contributed by atoms with Gasteiger partial charge < -0.3 is 15.0 Å². The van der Waals surface area contributed by atoms with E-state index in [4.69, 9.17) is 4.74 Å². The number of allylic oxidation sites excluding steroid dienone is 1.